The first kappa shape index (κ1) is 18.3. The van der Waals surface area contributed by atoms with Crippen LogP contribution in [0.25, 0.3) is 0 Å². The molecule has 1 unspecified atom stereocenters. The minimum atomic E-state index is -0.237. The predicted molar refractivity (Wildman–Crippen MR) is 99.3 cm³/mol. The molecule has 0 radical (unpaired) electrons. The normalized spacial score (nSPS) is 17.2. The van der Waals surface area contributed by atoms with Crippen LogP contribution < -0.4 is 5.32 Å². The molecule has 1 atom stereocenters. The lowest BCUT2D eigenvalue weighted by atomic mass is 9.92. The fraction of sp³-hybridized carbons (Fsp3) is 0.450. The van der Waals surface area contributed by atoms with Gasteiger partial charge in [-0.3, -0.25) is 9.78 Å². The highest BCUT2D eigenvalue weighted by Gasteiger charge is 2.25. The van der Waals surface area contributed by atoms with Crippen molar-refractivity contribution >= 4 is 11.7 Å². The molecule has 0 aliphatic carbocycles. The van der Waals surface area contributed by atoms with Gasteiger partial charge in [-0.05, 0) is 43.2 Å². The van der Waals surface area contributed by atoms with Crippen molar-refractivity contribution in [2.24, 2.45) is 5.92 Å². The number of benzene rings is 1. The number of nitrogens with zero attached hydrogens (tertiary/aromatic N) is 3. The van der Waals surface area contributed by atoms with E-state index in [9.17, 15) is 9.18 Å². The van der Waals surface area contributed by atoms with Crippen LogP contribution in [0, 0.1) is 11.7 Å². The quantitative estimate of drug-likeness (QED) is 0.864. The van der Waals surface area contributed by atoms with E-state index in [4.69, 9.17) is 0 Å². The molecule has 1 aromatic heterocycles. The van der Waals surface area contributed by atoms with Crippen LogP contribution in [0.5, 0.6) is 0 Å². The Bertz CT molecular complexity index is 752. The van der Waals surface area contributed by atoms with E-state index in [1.54, 1.807) is 30.6 Å². The van der Waals surface area contributed by atoms with Crippen molar-refractivity contribution in [2.75, 3.05) is 25.5 Å². The number of carbonyl (C=O) groups excluding carboxylic acids is 1. The topological polar surface area (TPSA) is 58.1 Å². The molecule has 0 saturated carbocycles. The highest BCUT2D eigenvalue weighted by molar-refractivity contribution is 5.76. The van der Waals surface area contributed by atoms with Crippen LogP contribution in [0.2, 0.25) is 0 Å². The van der Waals surface area contributed by atoms with Crippen LogP contribution in [0.3, 0.4) is 0 Å². The number of aryl methyl sites for hydroxylation is 1. The average molecular weight is 356 g/mol. The fourth-order valence-electron chi connectivity index (χ4n) is 3.56. The maximum Gasteiger partial charge on any atom is 0.222 e. The molecule has 2 heterocycles. The Morgan fingerprint density at radius 3 is 2.92 bits per heavy atom. The van der Waals surface area contributed by atoms with Crippen molar-refractivity contribution in [2.45, 2.75) is 32.1 Å². The van der Waals surface area contributed by atoms with Gasteiger partial charge in [-0.25, -0.2) is 9.37 Å². The molecular weight excluding hydrogens is 331 g/mol. The van der Waals surface area contributed by atoms with Gasteiger partial charge < -0.3 is 10.2 Å². The van der Waals surface area contributed by atoms with Crippen molar-refractivity contribution in [3.8, 4) is 0 Å². The van der Waals surface area contributed by atoms with Crippen molar-refractivity contribution in [3.05, 3.63) is 53.7 Å². The summed E-state index contributed by atoms with van der Waals surface area (Å²) in [6, 6.07) is 6.66. The first-order valence-corrected chi connectivity index (χ1v) is 9.16. The van der Waals surface area contributed by atoms with E-state index in [0.29, 0.717) is 24.3 Å². The fourth-order valence-corrected chi connectivity index (χ4v) is 3.56. The molecule has 6 heteroatoms. The van der Waals surface area contributed by atoms with Crippen LogP contribution >= 0.6 is 0 Å². The standard InChI is InChI=1S/C20H25FN4O/c1-22-20-18(23-10-11-24-20)13-15-5-4-12-25(14-15)19(26)9-8-16-6-2-3-7-17(16)21/h2-3,6-7,10-11,15H,4-5,8-9,12-14H2,1H3,(H,22,24). The second kappa shape index (κ2) is 8.74. The number of hydrogen-bond acceptors (Lipinski definition) is 4. The summed E-state index contributed by atoms with van der Waals surface area (Å²) < 4.78 is 13.7. The Hall–Kier alpha value is -2.50. The van der Waals surface area contributed by atoms with Crippen LogP contribution in [0.1, 0.15) is 30.5 Å². The van der Waals surface area contributed by atoms with E-state index >= 15 is 0 Å². The third-order valence-corrected chi connectivity index (χ3v) is 4.93. The SMILES string of the molecule is CNc1nccnc1CC1CCCN(C(=O)CCc2ccccc2F)C1. The first-order valence-electron chi connectivity index (χ1n) is 9.16. The minimum absolute atomic E-state index is 0.103. The van der Waals surface area contributed by atoms with E-state index in [2.05, 4.69) is 15.3 Å². The number of nitrogens with one attached hydrogen (secondary N) is 1. The van der Waals surface area contributed by atoms with E-state index in [-0.39, 0.29) is 11.7 Å². The minimum Gasteiger partial charge on any atom is -0.372 e. The number of anilines is 1. The number of likely N-dealkylation sites (tertiary alicyclic amines) is 1. The van der Waals surface area contributed by atoms with Gasteiger partial charge in [0, 0.05) is 39.0 Å². The zero-order valence-electron chi connectivity index (χ0n) is 15.1. The van der Waals surface area contributed by atoms with Gasteiger partial charge in [0.25, 0.3) is 0 Å². The van der Waals surface area contributed by atoms with E-state index < -0.39 is 0 Å². The maximum atomic E-state index is 13.7. The molecule has 2 aromatic rings. The Morgan fingerprint density at radius 2 is 2.12 bits per heavy atom. The lowest BCUT2D eigenvalue weighted by Gasteiger charge is -2.33. The average Bonchev–Trinajstić information content (AvgIpc) is 2.68. The molecule has 1 saturated heterocycles. The van der Waals surface area contributed by atoms with Crippen molar-refractivity contribution in [1.82, 2.24) is 14.9 Å². The number of carbonyl (C=O) groups is 1. The summed E-state index contributed by atoms with van der Waals surface area (Å²) in [7, 11) is 1.84. The Labute approximate surface area is 153 Å². The summed E-state index contributed by atoms with van der Waals surface area (Å²) in [6.07, 6.45) is 7.05. The summed E-state index contributed by atoms with van der Waals surface area (Å²) >= 11 is 0. The second-order valence-electron chi connectivity index (χ2n) is 6.75. The third kappa shape index (κ3) is 4.56. The smallest absolute Gasteiger partial charge is 0.222 e. The molecule has 0 spiro atoms. The first-order chi connectivity index (χ1) is 12.7. The summed E-state index contributed by atoms with van der Waals surface area (Å²) in [5, 5.41) is 3.07. The number of hydrogen-bond donors (Lipinski definition) is 1. The second-order valence-corrected chi connectivity index (χ2v) is 6.75. The molecule has 1 aliphatic heterocycles. The zero-order chi connectivity index (χ0) is 18.4. The molecule has 5 nitrogen and oxygen atoms in total. The third-order valence-electron chi connectivity index (χ3n) is 4.93. The molecule has 1 aliphatic rings. The molecule has 1 aromatic carbocycles. The van der Waals surface area contributed by atoms with Gasteiger partial charge >= 0.3 is 0 Å². The molecule has 138 valence electrons. The maximum absolute atomic E-state index is 13.7. The van der Waals surface area contributed by atoms with Gasteiger partial charge in [0.15, 0.2) is 0 Å². The van der Waals surface area contributed by atoms with Crippen LogP contribution in [0.15, 0.2) is 36.7 Å². The monoisotopic (exact) mass is 356 g/mol. The van der Waals surface area contributed by atoms with Gasteiger partial charge in [0.1, 0.15) is 11.6 Å². The summed E-state index contributed by atoms with van der Waals surface area (Å²) in [5.41, 5.74) is 1.55. The van der Waals surface area contributed by atoms with Crippen LogP contribution in [0.4, 0.5) is 10.2 Å². The summed E-state index contributed by atoms with van der Waals surface area (Å²) in [5.74, 6) is 1.05. The number of amides is 1. The molecule has 26 heavy (non-hydrogen) atoms. The largest absolute Gasteiger partial charge is 0.372 e. The molecule has 3 rings (SSSR count). The molecular formula is C20H25FN4O. The molecule has 1 N–H and O–H groups in total. The number of rotatable bonds is 6. The number of piperidine rings is 1. The Morgan fingerprint density at radius 1 is 1.31 bits per heavy atom. The van der Waals surface area contributed by atoms with Gasteiger partial charge in [0.05, 0.1) is 5.69 Å². The lowest BCUT2D eigenvalue weighted by molar-refractivity contribution is -0.133. The van der Waals surface area contributed by atoms with Crippen LogP contribution in [-0.4, -0.2) is 40.9 Å². The van der Waals surface area contributed by atoms with E-state index in [0.717, 1.165) is 43.9 Å². The number of aromatic nitrogens is 2. The Kier molecular flexibility index (Phi) is 6.15. The lowest BCUT2D eigenvalue weighted by Crippen LogP contribution is -2.40. The van der Waals surface area contributed by atoms with Crippen LogP contribution in [-0.2, 0) is 17.6 Å². The summed E-state index contributed by atoms with van der Waals surface area (Å²) in [4.78, 5) is 23.2. The van der Waals surface area contributed by atoms with Crippen molar-refractivity contribution < 1.29 is 9.18 Å². The molecule has 1 fully saturated rings. The zero-order valence-corrected chi connectivity index (χ0v) is 15.1. The highest BCUT2D eigenvalue weighted by Crippen LogP contribution is 2.23. The number of halogens is 1. The Balaban J connectivity index is 1.56. The van der Waals surface area contributed by atoms with Gasteiger partial charge in [0.2, 0.25) is 5.91 Å². The summed E-state index contributed by atoms with van der Waals surface area (Å²) in [6.45, 7) is 1.52. The van der Waals surface area contributed by atoms with E-state index in [1.807, 2.05) is 11.9 Å². The van der Waals surface area contributed by atoms with Gasteiger partial charge in [-0.2, -0.15) is 0 Å². The predicted octanol–water partition coefficient (Wildman–Crippen LogP) is 3.07. The van der Waals surface area contributed by atoms with Crippen molar-refractivity contribution in [3.63, 3.8) is 0 Å². The highest BCUT2D eigenvalue weighted by atomic mass is 19.1. The van der Waals surface area contributed by atoms with Crippen molar-refractivity contribution in [1.29, 1.82) is 0 Å². The van der Waals surface area contributed by atoms with Gasteiger partial charge in [-0.15, -0.1) is 0 Å². The molecule has 1 amide bonds. The van der Waals surface area contributed by atoms with Gasteiger partial charge in [-0.1, -0.05) is 18.2 Å². The van der Waals surface area contributed by atoms with E-state index in [1.165, 1.54) is 6.07 Å². The molecule has 0 bridgehead atoms.